The van der Waals surface area contributed by atoms with Gasteiger partial charge in [-0.25, -0.2) is 13.1 Å². The monoisotopic (exact) mass is 335 g/mol. The van der Waals surface area contributed by atoms with Crippen LogP contribution >= 0.6 is 11.6 Å². The molecule has 0 aliphatic carbocycles. The fraction of sp³-hybridized carbons (Fsp3) is 0.176. The first-order chi connectivity index (χ1) is 10.6. The molecule has 3 nitrogen and oxygen atoms in total. The quantitative estimate of drug-likeness (QED) is 0.781. The highest BCUT2D eigenvalue weighted by atomic mass is 35.5. The van der Waals surface area contributed by atoms with Gasteiger partial charge in [0, 0.05) is 17.0 Å². The maximum Gasteiger partial charge on any atom is 0.233 e. The summed E-state index contributed by atoms with van der Waals surface area (Å²) in [5.74, 6) is 0. The topological polar surface area (TPSA) is 46.2 Å². The number of sulfonamides is 1. The Morgan fingerprint density at radius 1 is 1.00 bits per heavy atom. The first kappa shape index (κ1) is 16.7. The van der Waals surface area contributed by atoms with Crippen LogP contribution in [0.15, 0.2) is 60.0 Å². The molecule has 0 heterocycles. The lowest BCUT2D eigenvalue weighted by atomic mass is 10.1. The van der Waals surface area contributed by atoms with E-state index in [1.165, 1.54) is 11.0 Å². The SMILES string of the molecule is O=S(=O)(/C=C/c1ccc(Cl)cc1)NCCCc1ccccc1. The molecular weight excluding hydrogens is 318 g/mol. The molecule has 2 aromatic carbocycles. The molecule has 0 aromatic heterocycles. The first-order valence-corrected chi connectivity index (χ1v) is 8.95. The van der Waals surface area contributed by atoms with Crippen LogP contribution in [-0.2, 0) is 16.4 Å². The third-order valence-electron chi connectivity index (χ3n) is 3.10. The molecule has 1 N–H and O–H groups in total. The number of aryl methyl sites for hydroxylation is 1. The number of benzene rings is 2. The van der Waals surface area contributed by atoms with E-state index in [2.05, 4.69) is 4.72 Å². The van der Waals surface area contributed by atoms with Crippen molar-refractivity contribution in [1.82, 2.24) is 4.72 Å². The summed E-state index contributed by atoms with van der Waals surface area (Å²) >= 11 is 5.78. The fourth-order valence-electron chi connectivity index (χ4n) is 1.94. The van der Waals surface area contributed by atoms with E-state index < -0.39 is 10.0 Å². The molecule has 2 aromatic rings. The lowest BCUT2D eigenvalue weighted by Crippen LogP contribution is -2.22. The normalized spacial score (nSPS) is 11.9. The van der Waals surface area contributed by atoms with Crippen LogP contribution in [0.2, 0.25) is 5.02 Å². The van der Waals surface area contributed by atoms with Crippen molar-refractivity contribution >= 4 is 27.7 Å². The van der Waals surface area contributed by atoms with Crippen LogP contribution < -0.4 is 4.72 Å². The molecular formula is C17H18ClNO2S. The molecule has 22 heavy (non-hydrogen) atoms. The van der Waals surface area contributed by atoms with E-state index >= 15 is 0 Å². The summed E-state index contributed by atoms with van der Waals surface area (Å²) in [5.41, 5.74) is 2.00. The minimum atomic E-state index is -3.41. The van der Waals surface area contributed by atoms with E-state index in [9.17, 15) is 8.42 Å². The van der Waals surface area contributed by atoms with Crippen molar-refractivity contribution in [3.8, 4) is 0 Å². The summed E-state index contributed by atoms with van der Waals surface area (Å²) in [4.78, 5) is 0. The summed E-state index contributed by atoms with van der Waals surface area (Å²) in [6.45, 7) is 0.419. The predicted molar refractivity (Wildman–Crippen MR) is 92.2 cm³/mol. The van der Waals surface area contributed by atoms with E-state index in [-0.39, 0.29) is 0 Å². The average Bonchev–Trinajstić information content (AvgIpc) is 2.52. The summed E-state index contributed by atoms with van der Waals surface area (Å²) in [6.07, 6.45) is 3.16. The van der Waals surface area contributed by atoms with Gasteiger partial charge in [0.05, 0.1) is 0 Å². The molecule has 116 valence electrons. The van der Waals surface area contributed by atoms with Crippen LogP contribution in [0.25, 0.3) is 6.08 Å². The van der Waals surface area contributed by atoms with E-state index in [0.717, 1.165) is 18.4 Å². The lowest BCUT2D eigenvalue weighted by molar-refractivity contribution is 0.588. The second kappa shape index (κ2) is 8.13. The maximum atomic E-state index is 11.9. The molecule has 0 aliphatic heterocycles. The van der Waals surface area contributed by atoms with E-state index in [4.69, 9.17) is 11.6 Å². The van der Waals surface area contributed by atoms with Gasteiger partial charge in [-0.1, -0.05) is 54.1 Å². The Morgan fingerprint density at radius 3 is 2.36 bits per heavy atom. The minimum Gasteiger partial charge on any atom is -0.212 e. The Morgan fingerprint density at radius 2 is 1.68 bits per heavy atom. The molecule has 5 heteroatoms. The predicted octanol–water partition coefficient (Wildman–Crippen LogP) is 3.86. The van der Waals surface area contributed by atoms with E-state index in [1.807, 2.05) is 30.3 Å². The second-order valence-electron chi connectivity index (χ2n) is 4.88. The van der Waals surface area contributed by atoms with Gasteiger partial charge >= 0.3 is 0 Å². The van der Waals surface area contributed by atoms with Crippen molar-refractivity contribution in [3.63, 3.8) is 0 Å². The molecule has 0 saturated heterocycles. The number of hydrogen-bond acceptors (Lipinski definition) is 2. The molecule has 0 radical (unpaired) electrons. The molecule has 0 bridgehead atoms. The Labute approximate surface area is 136 Å². The van der Waals surface area contributed by atoms with Gasteiger partial charge in [-0.15, -0.1) is 0 Å². The van der Waals surface area contributed by atoms with Gasteiger partial charge in [0.15, 0.2) is 0 Å². The summed E-state index contributed by atoms with van der Waals surface area (Å²) in [6, 6.07) is 17.0. The van der Waals surface area contributed by atoms with Crippen molar-refractivity contribution in [2.24, 2.45) is 0 Å². The first-order valence-electron chi connectivity index (χ1n) is 7.02. The van der Waals surface area contributed by atoms with Crippen molar-refractivity contribution < 1.29 is 8.42 Å². The highest BCUT2D eigenvalue weighted by Gasteiger charge is 2.04. The van der Waals surface area contributed by atoms with Crippen molar-refractivity contribution in [3.05, 3.63) is 76.2 Å². The zero-order valence-electron chi connectivity index (χ0n) is 12.1. The van der Waals surface area contributed by atoms with E-state index in [0.29, 0.717) is 11.6 Å². The van der Waals surface area contributed by atoms with Crippen molar-refractivity contribution in [1.29, 1.82) is 0 Å². The number of rotatable bonds is 7. The molecule has 0 unspecified atom stereocenters. The van der Waals surface area contributed by atoms with Gasteiger partial charge in [0.25, 0.3) is 0 Å². The van der Waals surface area contributed by atoms with Crippen molar-refractivity contribution in [2.75, 3.05) is 6.54 Å². The zero-order valence-corrected chi connectivity index (χ0v) is 13.6. The average molecular weight is 336 g/mol. The van der Waals surface area contributed by atoms with Crippen LogP contribution in [-0.4, -0.2) is 15.0 Å². The van der Waals surface area contributed by atoms with Gasteiger partial charge in [0.1, 0.15) is 0 Å². The molecule has 0 spiro atoms. The Kier molecular flexibility index (Phi) is 6.19. The van der Waals surface area contributed by atoms with Gasteiger partial charge in [-0.05, 0) is 42.2 Å². The summed E-state index contributed by atoms with van der Waals surface area (Å²) in [7, 11) is -3.41. The van der Waals surface area contributed by atoms with Crippen LogP contribution in [0.5, 0.6) is 0 Å². The minimum absolute atomic E-state index is 0.419. The molecule has 0 amide bonds. The van der Waals surface area contributed by atoms with Crippen LogP contribution in [0, 0.1) is 0 Å². The van der Waals surface area contributed by atoms with Gasteiger partial charge in [-0.2, -0.15) is 0 Å². The Hall–Kier alpha value is -1.62. The Balaban J connectivity index is 1.80. The lowest BCUT2D eigenvalue weighted by Gasteiger charge is -2.03. The van der Waals surface area contributed by atoms with Gasteiger partial charge in [0.2, 0.25) is 10.0 Å². The number of hydrogen-bond donors (Lipinski definition) is 1. The molecule has 0 saturated carbocycles. The molecule has 0 aliphatic rings. The van der Waals surface area contributed by atoms with Gasteiger partial charge in [-0.3, -0.25) is 0 Å². The number of halogens is 1. The van der Waals surface area contributed by atoms with Crippen molar-refractivity contribution in [2.45, 2.75) is 12.8 Å². The third-order valence-corrected chi connectivity index (χ3v) is 4.45. The standard InChI is InChI=1S/C17H18ClNO2S/c18-17-10-8-16(9-11-17)12-14-22(20,21)19-13-4-7-15-5-2-1-3-6-15/h1-3,5-6,8-12,14,19H,4,7,13H2/b14-12+. The molecule has 0 atom stereocenters. The molecule has 0 fully saturated rings. The van der Waals surface area contributed by atoms with Crippen LogP contribution in [0.4, 0.5) is 0 Å². The van der Waals surface area contributed by atoms with E-state index in [1.54, 1.807) is 30.3 Å². The fourth-order valence-corrected chi connectivity index (χ4v) is 2.93. The largest absolute Gasteiger partial charge is 0.233 e. The summed E-state index contributed by atoms with van der Waals surface area (Å²) < 4.78 is 26.3. The van der Waals surface area contributed by atoms with Crippen LogP contribution in [0.3, 0.4) is 0 Å². The zero-order chi connectivity index (χ0) is 15.8. The number of nitrogens with one attached hydrogen (secondary N) is 1. The highest BCUT2D eigenvalue weighted by Crippen LogP contribution is 2.11. The Bertz CT molecular complexity index is 710. The molecule has 2 rings (SSSR count). The third kappa shape index (κ3) is 6.02. The second-order valence-corrected chi connectivity index (χ2v) is 6.97. The highest BCUT2D eigenvalue weighted by molar-refractivity contribution is 7.92. The smallest absolute Gasteiger partial charge is 0.212 e. The van der Waals surface area contributed by atoms with Gasteiger partial charge < -0.3 is 0 Å². The summed E-state index contributed by atoms with van der Waals surface area (Å²) in [5, 5.41) is 1.80. The van der Waals surface area contributed by atoms with Crippen LogP contribution in [0.1, 0.15) is 17.5 Å². The maximum absolute atomic E-state index is 11.9.